The highest BCUT2D eigenvalue weighted by molar-refractivity contribution is 5.48. The van der Waals surface area contributed by atoms with Gasteiger partial charge in [-0.25, -0.2) is 10.8 Å². The fourth-order valence-corrected chi connectivity index (χ4v) is 1.48. The van der Waals surface area contributed by atoms with Crippen LogP contribution >= 0.6 is 0 Å². The number of hydrogen-bond donors (Lipinski definition) is 2. The van der Waals surface area contributed by atoms with Gasteiger partial charge in [-0.05, 0) is 25.5 Å². The summed E-state index contributed by atoms with van der Waals surface area (Å²) in [4.78, 5) is 6.51. The van der Waals surface area contributed by atoms with E-state index in [1.165, 1.54) is 12.8 Å². The molecule has 0 unspecified atom stereocenters. The van der Waals surface area contributed by atoms with Gasteiger partial charge in [-0.3, -0.25) is 0 Å². The zero-order valence-corrected chi connectivity index (χ0v) is 9.53. The molecule has 0 aliphatic rings. The standard InChI is InChI=1S/C11H20N4/c1-3-5-8-15(4-2)10-6-7-11(14-12)13-9-10/h6-7,9H,3-5,8,12H2,1-2H3,(H,13,14). The number of hydrogen-bond acceptors (Lipinski definition) is 4. The molecule has 0 bridgehead atoms. The molecule has 0 spiro atoms. The summed E-state index contributed by atoms with van der Waals surface area (Å²) in [5, 5.41) is 0. The van der Waals surface area contributed by atoms with Crippen molar-refractivity contribution >= 4 is 11.5 Å². The number of anilines is 2. The predicted octanol–water partition coefficient (Wildman–Crippen LogP) is 1.99. The van der Waals surface area contributed by atoms with E-state index in [1.807, 2.05) is 18.3 Å². The predicted molar refractivity (Wildman–Crippen MR) is 64.8 cm³/mol. The van der Waals surface area contributed by atoms with Crippen molar-refractivity contribution in [2.45, 2.75) is 26.7 Å². The number of aromatic nitrogens is 1. The van der Waals surface area contributed by atoms with E-state index in [9.17, 15) is 0 Å². The Balaban J connectivity index is 2.65. The van der Waals surface area contributed by atoms with Crippen LogP contribution in [0.5, 0.6) is 0 Å². The summed E-state index contributed by atoms with van der Waals surface area (Å²) in [6.45, 7) is 6.46. The van der Waals surface area contributed by atoms with Gasteiger partial charge in [0.25, 0.3) is 0 Å². The first-order valence-electron chi connectivity index (χ1n) is 5.49. The summed E-state index contributed by atoms with van der Waals surface area (Å²) in [5.74, 6) is 5.96. The smallest absolute Gasteiger partial charge is 0.140 e. The molecule has 0 aliphatic heterocycles. The maximum Gasteiger partial charge on any atom is 0.140 e. The third-order valence-electron chi connectivity index (χ3n) is 2.42. The Morgan fingerprint density at radius 2 is 2.20 bits per heavy atom. The highest BCUT2D eigenvalue weighted by atomic mass is 15.2. The van der Waals surface area contributed by atoms with Crippen LogP contribution < -0.4 is 16.2 Å². The normalized spacial score (nSPS) is 10.1. The minimum Gasteiger partial charge on any atom is -0.371 e. The van der Waals surface area contributed by atoms with Gasteiger partial charge in [0.05, 0.1) is 11.9 Å². The van der Waals surface area contributed by atoms with E-state index in [-0.39, 0.29) is 0 Å². The molecule has 1 rings (SSSR count). The zero-order chi connectivity index (χ0) is 11.1. The number of unbranched alkanes of at least 4 members (excludes halogenated alkanes) is 1. The first-order valence-corrected chi connectivity index (χ1v) is 5.49. The fourth-order valence-electron chi connectivity index (χ4n) is 1.48. The minimum atomic E-state index is 0.699. The van der Waals surface area contributed by atoms with Gasteiger partial charge in [0.1, 0.15) is 5.82 Å². The summed E-state index contributed by atoms with van der Waals surface area (Å²) in [6.07, 6.45) is 4.28. The van der Waals surface area contributed by atoms with E-state index in [4.69, 9.17) is 5.84 Å². The topological polar surface area (TPSA) is 54.2 Å². The minimum absolute atomic E-state index is 0.699. The van der Waals surface area contributed by atoms with Crippen LogP contribution in [-0.4, -0.2) is 18.1 Å². The summed E-state index contributed by atoms with van der Waals surface area (Å²) in [7, 11) is 0. The SMILES string of the molecule is CCCCN(CC)c1ccc(NN)nc1. The quantitative estimate of drug-likeness (QED) is 0.554. The van der Waals surface area contributed by atoms with Gasteiger partial charge >= 0.3 is 0 Å². The number of nitrogens with zero attached hydrogens (tertiary/aromatic N) is 2. The molecule has 4 nitrogen and oxygen atoms in total. The van der Waals surface area contributed by atoms with Crippen LogP contribution in [0.25, 0.3) is 0 Å². The van der Waals surface area contributed by atoms with Crippen molar-refractivity contribution in [2.24, 2.45) is 5.84 Å². The molecule has 0 fully saturated rings. The van der Waals surface area contributed by atoms with Crippen LogP contribution in [0.3, 0.4) is 0 Å². The first kappa shape index (κ1) is 11.8. The third kappa shape index (κ3) is 3.40. The maximum atomic E-state index is 5.26. The highest BCUT2D eigenvalue weighted by Gasteiger charge is 2.03. The Morgan fingerprint density at radius 3 is 2.67 bits per heavy atom. The van der Waals surface area contributed by atoms with Crippen molar-refractivity contribution in [3.05, 3.63) is 18.3 Å². The number of nitrogens with two attached hydrogens (primary N) is 1. The van der Waals surface area contributed by atoms with Gasteiger partial charge in [0.15, 0.2) is 0 Å². The van der Waals surface area contributed by atoms with Gasteiger partial charge < -0.3 is 10.3 Å². The monoisotopic (exact) mass is 208 g/mol. The molecule has 0 saturated carbocycles. The van der Waals surface area contributed by atoms with Gasteiger partial charge in [0, 0.05) is 13.1 Å². The van der Waals surface area contributed by atoms with Crippen molar-refractivity contribution in [2.75, 3.05) is 23.4 Å². The summed E-state index contributed by atoms with van der Waals surface area (Å²) in [5.41, 5.74) is 3.68. The average molecular weight is 208 g/mol. The third-order valence-corrected chi connectivity index (χ3v) is 2.42. The van der Waals surface area contributed by atoms with Crippen LogP contribution in [0.15, 0.2) is 18.3 Å². The first-order chi connectivity index (χ1) is 7.31. The molecule has 0 aromatic carbocycles. The van der Waals surface area contributed by atoms with Gasteiger partial charge in [-0.15, -0.1) is 0 Å². The van der Waals surface area contributed by atoms with Crippen molar-refractivity contribution in [3.63, 3.8) is 0 Å². The number of nitrogen functional groups attached to an aromatic ring is 1. The summed E-state index contributed by atoms with van der Waals surface area (Å²) < 4.78 is 0. The molecule has 0 radical (unpaired) electrons. The molecule has 1 heterocycles. The zero-order valence-electron chi connectivity index (χ0n) is 9.53. The van der Waals surface area contributed by atoms with Crippen LogP contribution in [0.1, 0.15) is 26.7 Å². The Labute approximate surface area is 91.5 Å². The van der Waals surface area contributed by atoms with E-state index in [1.54, 1.807) is 0 Å². The Hall–Kier alpha value is -1.29. The second-order valence-corrected chi connectivity index (χ2v) is 3.48. The molecular weight excluding hydrogens is 188 g/mol. The highest BCUT2D eigenvalue weighted by Crippen LogP contribution is 2.14. The van der Waals surface area contributed by atoms with Crippen LogP contribution in [0, 0.1) is 0 Å². The fraction of sp³-hybridized carbons (Fsp3) is 0.545. The van der Waals surface area contributed by atoms with E-state index < -0.39 is 0 Å². The number of hydrazine groups is 1. The largest absolute Gasteiger partial charge is 0.371 e. The molecule has 0 atom stereocenters. The molecule has 3 N–H and O–H groups in total. The number of pyridine rings is 1. The van der Waals surface area contributed by atoms with E-state index in [2.05, 4.69) is 29.2 Å². The van der Waals surface area contributed by atoms with Crippen LogP contribution in [-0.2, 0) is 0 Å². The summed E-state index contributed by atoms with van der Waals surface area (Å²) in [6, 6.07) is 3.94. The molecular formula is C11H20N4. The molecule has 15 heavy (non-hydrogen) atoms. The Kier molecular flexibility index (Phi) is 4.90. The van der Waals surface area contributed by atoms with Gasteiger partial charge in [-0.2, -0.15) is 0 Å². The Bertz CT molecular complexity index is 270. The number of nitrogens with one attached hydrogen (secondary N) is 1. The van der Waals surface area contributed by atoms with Crippen molar-refractivity contribution in [1.29, 1.82) is 0 Å². The van der Waals surface area contributed by atoms with Gasteiger partial charge in [0.2, 0.25) is 0 Å². The van der Waals surface area contributed by atoms with Crippen molar-refractivity contribution in [3.8, 4) is 0 Å². The van der Waals surface area contributed by atoms with Crippen LogP contribution in [0.2, 0.25) is 0 Å². The van der Waals surface area contributed by atoms with E-state index in [0.717, 1.165) is 18.8 Å². The average Bonchev–Trinajstić information content (AvgIpc) is 2.31. The lowest BCUT2D eigenvalue weighted by Gasteiger charge is -2.22. The Morgan fingerprint density at radius 1 is 1.40 bits per heavy atom. The van der Waals surface area contributed by atoms with E-state index in [0.29, 0.717) is 5.82 Å². The van der Waals surface area contributed by atoms with Crippen LogP contribution in [0.4, 0.5) is 11.5 Å². The second-order valence-electron chi connectivity index (χ2n) is 3.48. The molecule has 0 aliphatic carbocycles. The second kappa shape index (κ2) is 6.24. The molecule has 84 valence electrons. The lowest BCUT2D eigenvalue weighted by Crippen LogP contribution is -2.24. The molecule has 4 heteroatoms. The molecule has 0 amide bonds. The van der Waals surface area contributed by atoms with Crippen molar-refractivity contribution < 1.29 is 0 Å². The molecule has 1 aromatic heterocycles. The van der Waals surface area contributed by atoms with Crippen molar-refractivity contribution in [1.82, 2.24) is 4.98 Å². The molecule has 0 saturated heterocycles. The molecule has 1 aromatic rings. The lowest BCUT2D eigenvalue weighted by molar-refractivity contribution is 0.731. The lowest BCUT2D eigenvalue weighted by atomic mass is 10.3. The van der Waals surface area contributed by atoms with E-state index >= 15 is 0 Å². The number of rotatable bonds is 6. The maximum absolute atomic E-state index is 5.26. The van der Waals surface area contributed by atoms with Gasteiger partial charge in [-0.1, -0.05) is 13.3 Å². The summed E-state index contributed by atoms with van der Waals surface area (Å²) >= 11 is 0.